The molecule has 0 fully saturated rings. The van der Waals surface area contributed by atoms with E-state index in [1.165, 1.54) is 0 Å². The number of carbonyl (C=O) groups excluding carboxylic acids is 1. The second-order valence-electron chi connectivity index (χ2n) is 1.65. The Labute approximate surface area is 94.5 Å². The molecule has 4 nitrogen and oxygen atoms in total. The fourth-order valence-electron chi connectivity index (χ4n) is 0.400. The Hall–Kier alpha value is 0.390. The molecule has 0 amide bonds. The first-order valence-corrected chi connectivity index (χ1v) is 3.26. The van der Waals surface area contributed by atoms with Crippen molar-refractivity contribution in [1.29, 1.82) is 0 Å². The summed E-state index contributed by atoms with van der Waals surface area (Å²) in [5.74, 6) is 0. The van der Waals surface area contributed by atoms with E-state index < -0.39 is 0 Å². The third-order valence-electron chi connectivity index (χ3n) is 0.834. The van der Waals surface area contributed by atoms with Gasteiger partial charge < -0.3 is 6.22 Å². The summed E-state index contributed by atoms with van der Waals surface area (Å²) in [6.07, 6.45) is 1.12. The minimum atomic E-state index is -0.188. The van der Waals surface area contributed by atoms with E-state index in [0.29, 0.717) is 13.0 Å². The van der Waals surface area contributed by atoms with Crippen LogP contribution in [-0.2, 0) is 4.79 Å². The molecule has 0 saturated carbocycles. The topological polar surface area (TPSA) is 53.5 Å². The van der Waals surface area contributed by atoms with Gasteiger partial charge in [0.05, 0.1) is 5.38 Å². The van der Waals surface area contributed by atoms with Crippen molar-refractivity contribution < 1.29 is 35.8 Å². The second kappa shape index (κ2) is 10.4. The monoisotopic (exact) mass is 187 g/mol. The van der Waals surface area contributed by atoms with Gasteiger partial charge in [-0.15, -0.1) is 11.6 Å². The van der Waals surface area contributed by atoms with E-state index in [2.05, 4.69) is 22.8 Å². The molecule has 6 heteroatoms. The molecular formula is C5H11ClN3NaO. The van der Waals surface area contributed by atoms with Crippen molar-refractivity contribution in [2.75, 3.05) is 6.54 Å². The summed E-state index contributed by atoms with van der Waals surface area (Å²) in [6, 6.07) is 0. The molecule has 0 aromatic carbocycles. The maximum atomic E-state index is 9.88. The van der Waals surface area contributed by atoms with Crippen LogP contribution in [0.25, 0.3) is 0 Å². The van der Waals surface area contributed by atoms with Crippen LogP contribution in [0.1, 0.15) is 7.85 Å². The zero-order chi connectivity index (χ0) is 7.82. The Kier molecular flexibility index (Phi) is 13.2. The van der Waals surface area contributed by atoms with Gasteiger partial charge in [0.1, 0.15) is 6.29 Å². The number of hydrogen-bond donors (Lipinski definition) is 2. The Balaban J connectivity index is -0.000000405. The van der Waals surface area contributed by atoms with Crippen LogP contribution in [0.3, 0.4) is 0 Å². The van der Waals surface area contributed by atoms with Crippen molar-refractivity contribution >= 4 is 24.6 Å². The molecule has 1 atom stereocenters. The van der Waals surface area contributed by atoms with Crippen molar-refractivity contribution in [3.05, 3.63) is 0 Å². The Morgan fingerprint density at radius 2 is 2.45 bits per heavy atom. The minimum absolute atomic E-state index is 0. The number of hydrogen-bond acceptors (Lipinski definition) is 4. The van der Waals surface area contributed by atoms with Gasteiger partial charge in [-0.2, -0.15) is 5.10 Å². The number of rotatable bonds is 6. The summed E-state index contributed by atoms with van der Waals surface area (Å²) in [5.41, 5.74) is 5.05. The fraction of sp³-hybridized carbons (Fsp3) is 0.600. The number of aldehydes is 1. The molecule has 0 spiro atoms. The molecule has 2 N–H and O–H groups in total. The van der Waals surface area contributed by atoms with Crippen molar-refractivity contribution in [1.82, 2.24) is 11.0 Å². The van der Waals surface area contributed by atoms with Crippen LogP contribution in [-0.4, -0.2) is 24.9 Å². The largest absolute Gasteiger partial charge is 1.00 e. The predicted octanol–water partition coefficient (Wildman–Crippen LogP) is -2.99. The van der Waals surface area contributed by atoms with Crippen LogP contribution in [0, 0.1) is 0 Å². The molecule has 0 aromatic rings. The van der Waals surface area contributed by atoms with Gasteiger partial charge in [0.15, 0.2) is 0 Å². The smallest absolute Gasteiger partial charge is 1.00 e. The van der Waals surface area contributed by atoms with Gasteiger partial charge in [-0.05, 0) is 0 Å². The molecular weight excluding hydrogens is 177 g/mol. The zero-order valence-corrected chi connectivity index (χ0v) is 9.27. The summed E-state index contributed by atoms with van der Waals surface area (Å²) in [6.45, 7) is 3.65. The van der Waals surface area contributed by atoms with Crippen LogP contribution >= 0.6 is 11.6 Å². The van der Waals surface area contributed by atoms with Crippen LogP contribution in [0.4, 0.5) is 0 Å². The molecule has 0 bridgehead atoms. The van der Waals surface area contributed by atoms with E-state index in [1.807, 2.05) is 0 Å². The molecule has 0 aliphatic rings. The van der Waals surface area contributed by atoms with Gasteiger partial charge in [0, 0.05) is 19.7 Å². The second-order valence-corrected chi connectivity index (χ2v) is 2.27. The number of carbonyl (C=O) groups is 1. The first-order valence-electron chi connectivity index (χ1n) is 2.82. The number of nitrogens with zero attached hydrogens (tertiary/aromatic N) is 1. The number of alkyl halides is 1. The van der Waals surface area contributed by atoms with E-state index in [1.54, 1.807) is 0 Å². The van der Waals surface area contributed by atoms with Crippen LogP contribution in [0.5, 0.6) is 0 Å². The number of hydrazine groups is 1. The van der Waals surface area contributed by atoms with Gasteiger partial charge in [0.25, 0.3) is 0 Å². The van der Waals surface area contributed by atoms with E-state index >= 15 is 0 Å². The molecule has 0 heterocycles. The predicted molar refractivity (Wildman–Crippen MR) is 42.1 cm³/mol. The molecule has 1 unspecified atom stereocenters. The maximum Gasteiger partial charge on any atom is 1.00 e. The molecule has 0 aromatic heterocycles. The van der Waals surface area contributed by atoms with E-state index in [9.17, 15) is 4.79 Å². The average Bonchev–Trinajstić information content (AvgIpc) is 1.89. The summed E-state index contributed by atoms with van der Waals surface area (Å²) in [7, 11) is 0. The van der Waals surface area contributed by atoms with Gasteiger partial charge in [-0.3, -0.25) is 0 Å². The third-order valence-corrected chi connectivity index (χ3v) is 1.17. The summed E-state index contributed by atoms with van der Waals surface area (Å²) >= 11 is 5.62. The van der Waals surface area contributed by atoms with Gasteiger partial charge in [0.2, 0.25) is 0 Å². The van der Waals surface area contributed by atoms with Crippen LogP contribution in [0.2, 0.25) is 0 Å². The Morgan fingerprint density at radius 1 is 1.82 bits per heavy atom. The number of nitrogens with one attached hydrogen (secondary N) is 2. The van der Waals surface area contributed by atoms with Crippen LogP contribution < -0.4 is 40.5 Å². The molecule has 0 rings (SSSR count). The van der Waals surface area contributed by atoms with Gasteiger partial charge in [-0.1, -0.05) is 0 Å². The van der Waals surface area contributed by atoms with Crippen molar-refractivity contribution in [2.24, 2.45) is 5.10 Å². The quantitative estimate of drug-likeness (QED) is 0.117. The SMILES string of the molecule is C=NNNCC(Cl)CC=O.[H-].[Na+]. The first kappa shape index (κ1) is 13.9. The van der Waals surface area contributed by atoms with E-state index in [4.69, 9.17) is 11.6 Å². The molecule has 0 radical (unpaired) electrons. The summed E-state index contributed by atoms with van der Waals surface area (Å²) in [5, 5.41) is 3.12. The minimum Gasteiger partial charge on any atom is -1.00 e. The van der Waals surface area contributed by atoms with Gasteiger partial charge >= 0.3 is 29.6 Å². The summed E-state index contributed by atoms with van der Waals surface area (Å²) < 4.78 is 0. The Bertz CT molecular complexity index is 119. The first-order chi connectivity index (χ1) is 4.81. The van der Waals surface area contributed by atoms with Gasteiger partial charge in [-0.25, -0.2) is 11.0 Å². The molecule has 60 valence electrons. The standard InChI is InChI=1S/C5H10ClN3O.Na.H/c1-7-9-8-4-5(6)2-3-10;;/h3,5,8-9H,1-2,4H2;;/q;+1;-1. The van der Waals surface area contributed by atoms with Crippen molar-refractivity contribution in [3.63, 3.8) is 0 Å². The number of hydrazone groups is 1. The average molecular weight is 188 g/mol. The van der Waals surface area contributed by atoms with Crippen molar-refractivity contribution in [3.8, 4) is 0 Å². The molecule has 0 saturated heterocycles. The molecule has 0 aliphatic heterocycles. The normalized spacial score (nSPS) is 11.0. The van der Waals surface area contributed by atoms with Crippen LogP contribution in [0.15, 0.2) is 5.10 Å². The third kappa shape index (κ3) is 10.4. The maximum absolute atomic E-state index is 9.88. The van der Waals surface area contributed by atoms with E-state index in [0.717, 1.165) is 6.29 Å². The van der Waals surface area contributed by atoms with E-state index in [-0.39, 0.29) is 36.4 Å². The van der Waals surface area contributed by atoms with Crippen molar-refractivity contribution in [2.45, 2.75) is 11.8 Å². The number of halogens is 1. The fourth-order valence-corrected chi connectivity index (χ4v) is 0.550. The summed E-state index contributed by atoms with van der Waals surface area (Å²) in [4.78, 5) is 9.88. The molecule has 0 aliphatic carbocycles. The zero-order valence-electron chi connectivity index (χ0n) is 7.51. The molecule has 11 heavy (non-hydrogen) atoms. The Morgan fingerprint density at radius 3 is 2.91 bits per heavy atom.